The van der Waals surface area contributed by atoms with Crippen LogP contribution >= 0.6 is 11.6 Å². The van der Waals surface area contributed by atoms with Gasteiger partial charge < -0.3 is 5.73 Å². The Kier molecular flexibility index (Phi) is 3.34. The van der Waals surface area contributed by atoms with Crippen molar-refractivity contribution in [2.75, 3.05) is 5.73 Å². The minimum absolute atomic E-state index is 0.0154. The molecule has 2 aromatic carbocycles. The number of halogens is 2. The van der Waals surface area contributed by atoms with Gasteiger partial charge >= 0.3 is 0 Å². The lowest BCUT2D eigenvalue weighted by Crippen LogP contribution is -2.06. The number of carbonyl (C=O) groups is 1. The van der Waals surface area contributed by atoms with Crippen molar-refractivity contribution >= 4 is 23.1 Å². The summed E-state index contributed by atoms with van der Waals surface area (Å²) in [5.41, 5.74) is 6.69. The number of hydrogen-bond acceptors (Lipinski definition) is 2. The zero-order chi connectivity index (χ0) is 13.3. The first-order valence-corrected chi connectivity index (χ1v) is 5.73. The predicted molar refractivity (Wildman–Crippen MR) is 70.4 cm³/mol. The summed E-state index contributed by atoms with van der Waals surface area (Å²) in [6.07, 6.45) is 0. The average Bonchev–Trinajstić information content (AvgIpc) is 2.32. The molecule has 2 rings (SSSR count). The Morgan fingerprint density at radius 1 is 1.22 bits per heavy atom. The van der Waals surface area contributed by atoms with Gasteiger partial charge in [-0.05, 0) is 36.8 Å². The van der Waals surface area contributed by atoms with Crippen LogP contribution in [0, 0.1) is 12.7 Å². The van der Waals surface area contributed by atoms with Crippen LogP contribution in [-0.2, 0) is 0 Å². The number of carbonyl (C=O) groups excluding carboxylic acids is 1. The zero-order valence-corrected chi connectivity index (χ0v) is 10.5. The number of ketones is 1. The molecule has 0 saturated carbocycles. The van der Waals surface area contributed by atoms with Crippen molar-refractivity contribution in [1.82, 2.24) is 0 Å². The van der Waals surface area contributed by atoms with Crippen molar-refractivity contribution in [3.8, 4) is 0 Å². The largest absolute Gasteiger partial charge is 0.399 e. The maximum absolute atomic E-state index is 13.9. The van der Waals surface area contributed by atoms with E-state index in [2.05, 4.69) is 0 Å². The molecule has 2 nitrogen and oxygen atoms in total. The van der Waals surface area contributed by atoms with Crippen molar-refractivity contribution in [2.45, 2.75) is 6.92 Å². The van der Waals surface area contributed by atoms with Gasteiger partial charge in [0.25, 0.3) is 0 Å². The second-order valence-corrected chi connectivity index (χ2v) is 4.41. The standard InChI is InChI=1S/C14H11ClFNO/c1-8-3-2-4-11(13(8)16)14(18)10-6-5-9(17)7-12(10)15/h2-7H,17H2,1H3. The summed E-state index contributed by atoms with van der Waals surface area (Å²) in [6, 6.07) is 9.22. The summed E-state index contributed by atoms with van der Waals surface area (Å²) in [6.45, 7) is 1.61. The number of benzene rings is 2. The fraction of sp³-hybridized carbons (Fsp3) is 0.0714. The minimum atomic E-state index is -0.518. The van der Waals surface area contributed by atoms with Crippen LogP contribution in [0.25, 0.3) is 0 Å². The van der Waals surface area contributed by atoms with Gasteiger partial charge in [0.1, 0.15) is 5.82 Å². The summed E-state index contributed by atoms with van der Waals surface area (Å²) in [5.74, 6) is -0.961. The molecule has 0 atom stereocenters. The molecule has 2 aromatic rings. The van der Waals surface area contributed by atoms with E-state index < -0.39 is 11.6 Å². The number of anilines is 1. The molecule has 4 heteroatoms. The quantitative estimate of drug-likeness (QED) is 0.664. The first kappa shape index (κ1) is 12.6. The SMILES string of the molecule is Cc1cccc(C(=O)c2ccc(N)cc2Cl)c1F. The molecule has 18 heavy (non-hydrogen) atoms. The molecule has 0 aliphatic heterocycles. The predicted octanol–water partition coefficient (Wildman–Crippen LogP) is 3.60. The first-order valence-electron chi connectivity index (χ1n) is 5.35. The number of nitrogen functional groups attached to an aromatic ring is 1. The summed E-state index contributed by atoms with van der Waals surface area (Å²) >= 11 is 5.94. The van der Waals surface area contributed by atoms with E-state index in [1.807, 2.05) is 0 Å². The Morgan fingerprint density at radius 2 is 1.94 bits per heavy atom. The van der Waals surface area contributed by atoms with Crippen LogP contribution in [0.2, 0.25) is 5.02 Å². The van der Waals surface area contributed by atoms with Gasteiger partial charge in [-0.15, -0.1) is 0 Å². The molecule has 0 aliphatic rings. The van der Waals surface area contributed by atoms with E-state index in [0.717, 1.165) is 0 Å². The van der Waals surface area contributed by atoms with E-state index >= 15 is 0 Å². The number of hydrogen-bond donors (Lipinski definition) is 1. The van der Waals surface area contributed by atoms with Gasteiger partial charge in [-0.2, -0.15) is 0 Å². The second-order valence-electron chi connectivity index (χ2n) is 4.00. The van der Waals surface area contributed by atoms with Crippen LogP contribution in [0.5, 0.6) is 0 Å². The Hall–Kier alpha value is -1.87. The molecule has 0 aliphatic carbocycles. The molecule has 0 saturated heterocycles. The van der Waals surface area contributed by atoms with Crippen LogP contribution < -0.4 is 5.73 Å². The van der Waals surface area contributed by atoms with Gasteiger partial charge in [0.2, 0.25) is 0 Å². The van der Waals surface area contributed by atoms with Gasteiger partial charge in [0.05, 0.1) is 10.6 Å². The van der Waals surface area contributed by atoms with E-state index in [1.165, 1.54) is 18.2 Å². The van der Waals surface area contributed by atoms with E-state index in [0.29, 0.717) is 11.3 Å². The van der Waals surface area contributed by atoms with Crippen LogP contribution in [-0.4, -0.2) is 5.78 Å². The van der Waals surface area contributed by atoms with Gasteiger partial charge in [-0.25, -0.2) is 4.39 Å². The summed E-state index contributed by atoms with van der Waals surface area (Å²) in [7, 11) is 0. The number of rotatable bonds is 2. The van der Waals surface area contributed by atoms with Gasteiger partial charge in [0.15, 0.2) is 5.78 Å². The summed E-state index contributed by atoms with van der Waals surface area (Å²) in [4.78, 5) is 12.2. The maximum Gasteiger partial charge on any atom is 0.197 e. The van der Waals surface area contributed by atoms with Crippen LogP contribution in [0.15, 0.2) is 36.4 Å². The van der Waals surface area contributed by atoms with Crippen molar-refractivity contribution < 1.29 is 9.18 Å². The third-order valence-corrected chi connectivity index (χ3v) is 2.99. The van der Waals surface area contributed by atoms with Crippen LogP contribution in [0.1, 0.15) is 21.5 Å². The molecular formula is C14H11ClFNO. The topological polar surface area (TPSA) is 43.1 Å². The van der Waals surface area contributed by atoms with Crippen molar-refractivity contribution in [2.24, 2.45) is 0 Å². The normalized spacial score (nSPS) is 10.4. The summed E-state index contributed by atoms with van der Waals surface area (Å²) < 4.78 is 13.9. The Bertz CT molecular complexity index is 625. The number of nitrogens with two attached hydrogens (primary N) is 1. The number of aryl methyl sites for hydroxylation is 1. The smallest absolute Gasteiger partial charge is 0.197 e. The highest BCUT2D eigenvalue weighted by atomic mass is 35.5. The molecule has 0 amide bonds. The van der Waals surface area contributed by atoms with Crippen molar-refractivity contribution in [1.29, 1.82) is 0 Å². The highest BCUT2D eigenvalue weighted by molar-refractivity contribution is 6.35. The highest BCUT2D eigenvalue weighted by Crippen LogP contribution is 2.24. The lowest BCUT2D eigenvalue weighted by atomic mass is 10.0. The fourth-order valence-corrected chi connectivity index (χ4v) is 1.96. The van der Waals surface area contributed by atoms with Crippen molar-refractivity contribution in [3.05, 3.63) is 63.9 Å². The molecule has 92 valence electrons. The average molecular weight is 264 g/mol. The monoisotopic (exact) mass is 263 g/mol. The molecule has 0 fully saturated rings. The van der Waals surface area contributed by atoms with Crippen LogP contribution in [0.3, 0.4) is 0 Å². The Balaban J connectivity index is 2.51. The van der Waals surface area contributed by atoms with Gasteiger partial charge in [0, 0.05) is 11.3 Å². The third-order valence-electron chi connectivity index (χ3n) is 2.67. The zero-order valence-electron chi connectivity index (χ0n) is 9.71. The third kappa shape index (κ3) is 2.22. The molecule has 0 aromatic heterocycles. The van der Waals surface area contributed by atoms with Crippen LogP contribution in [0.4, 0.5) is 10.1 Å². The lowest BCUT2D eigenvalue weighted by molar-refractivity contribution is 0.103. The highest BCUT2D eigenvalue weighted by Gasteiger charge is 2.17. The van der Waals surface area contributed by atoms with E-state index in [-0.39, 0.29) is 16.1 Å². The Labute approximate surface area is 109 Å². The first-order chi connectivity index (χ1) is 8.50. The molecule has 0 spiro atoms. The van der Waals surface area contributed by atoms with E-state index in [9.17, 15) is 9.18 Å². The molecule has 0 bridgehead atoms. The second kappa shape index (κ2) is 4.78. The van der Waals surface area contributed by atoms with Gasteiger partial charge in [-0.1, -0.05) is 23.7 Å². The van der Waals surface area contributed by atoms with Crippen molar-refractivity contribution in [3.63, 3.8) is 0 Å². The van der Waals surface area contributed by atoms with E-state index in [4.69, 9.17) is 17.3 Å². The Morgan fingerprint density at radius 3 is 2.61 bits per heavy atom. The molecule has 0 radical (unpaired) electrons. The molecule has 2 N–H and O–H groups in total. The fourth-order valence-electron chi connectivity index (χ4n) is 1.68. The summed E-state index contributed by atoms with van der Waals surface area (Å²) in [5, 5.41) is 0.223. The maximum atomic E-state index is 13.9. The molecule has 0 unspecified atom stereocenters. The molecule has 0 heterocycles. The molecular weight excluding hydrogens is 253 g/mol. The lowest BCUT2D eigenvalue weighted by Gasteiger charge is -2.07. The minimum Gasteiger partial charge on any atom is -0.399 e. The van der Waals surface area contributed by atoms with Gasteiger partial charge in [-0.3, -0.25) is 4.79 Å². The van der Waals surface area contributed by atoms with E-state index in [1.54, 1.807) is 25.1 Å².